The molecule has 0 radical (unpaired) electrons. The highest BCUT2D eigenvalue weighted by Crippen LogP contribution is 2.24. The van der Waals surface area contributed by atoms with Crippen molar-refractivity contribution >= 4 is 28.3 Å². The summed E-state index contributed by atoms with van der Waals surface area (Å²) in [6, 6.07) is 17.3. The van der Waals surface area contributed by atoms with Crippen molar-refractivity contribution in [2.45, 2.75) is 13.2 Å². The average Bonchev–Trinajstić information content (AvgIpc) is 2.69. The fraction of sp³-hybridized carbons (Fsp3) is 0.238. The van der Waals surface area contributed by atoms with Gasteiger partial charge in [0.25, 0.3) is 5.91 Å². The minimum Gasteiger partial charge on any atom is -0.354 e. The van der Waals surface area contributed by atoms with Gasteiger partial charge in [-0.2, -0.15) is 0 Å². The third-order valence-electron chi connectivity index (χ3n) is 4.32. The first-order valence-corrected chi connectivity index (χ1v) is 8.68. The van der Waals surface area contributed by atoms with Gasteiger partial charge in [0.15, 0.2) is 6.29 Å². The van der Waals surface area contributed by atoms with E-state index in [1.165, 1.54) is 14.2 Å². The number of carbonyl (C=O) groups excluding carboxylic acids is 1. The summed E-state index contributed by atoms with van der Waals surface area (Å²) in [4.78, 5) is 17.4. The second kappa shape index (κ2) is 8.62. The number of benzene rings is 2. The molecule has 0 saturated heterocycles. The number of rotatable bonds is 7. The number of aryl methyl sites for hydroxylation is 1. The number of carbonyl (C=O) groups is 1. The molecule has 0 aliphatic carbocycles. The van der Waals surface area contributed by atoms with Crippen molar-refractivity contribution in [3.63, 3.8) is 0 Å². The summed E-state index contributed by atoms with van der Waals surface area (Å²) in [5, 5.41) is 6.95. The zero-order valence-electron chi connectivity index (χ0n) is 15.7. The third kappa shape index (κ3) is 4.42. The lowest BCUT2D eigenvalue weighted by molar-refractivity contribution is -0.0974. The van der Waals surface area contributed by atoms with Crippen LogP contribution in [0.3, 0.4) is 0 Å². The van der Waals surface area contributed by atoms with Gasteiger partial charge in [-0.25, -0.2) is 4.98 Å². The van der Waals surface area contributed by atoms with Crippen LogP contribution >= 0.6 is 0 Å². The Morgan fingerprint density at radius 2 is 1.78 bits per heavy atom. The van der Waals surface area contributed by atoms with Crippen molar-refractivity contribution in [1.29, 1.82) is 0 Å². The van der Waals surface area contributed by atoms with Gasteiger partial charge in [-0.05, 0) is 30.7 Å². The summed E-state index contributed by atoms with van der Waals surface area (Å²) in [6.07, 6.45) is -0.494. The minimum absolute atomic E-state index is 0.208. The van der Waals surface area contributed by atoms with E-state index in [4.69, 9.17) is 9.47 Å². The molecule has 1 aromatic heterocycles. The average molecular weight is 365 g/mol. The van der Waals surface area contributed by atoms with Crippen molar-refractivity contribution in [3.8, 4) is 0 Å². The predicted octanol–water partition coefficient (Wildman–Crippen LogP) is 3.64. The maximum absolute atomic E-state index is 12.8. The van der Waals surface area contributed by atoms with E-state index >= 15 is 0 Å². The van der Waals surface area contributed by atoms with Crippen LogP contribution in [0.2, 0.25) is 0 Å². The number of aromatic nitrogens is 1. The summed E-state index contributed by atoms with van der Waals surface area (Å²) in [5.74, 6) is 0.406. The Bertz CT molecular complexity index is 939. The van der Waals surface area contributed by atoms with Gasteiger partial charge in [0.05, 0.1) is 17.6 Å². The Morgan fingerprint density at radius 1 is 1.07 bits per heavy atom. The molecule has 3 rings (SSSR count). The topological polar surface area (TPSA) is 72.5 Å². The fourth-order valence-electron chi connectivity index (χ4n) is 2.81. The molecule has 2 aromatic carbocycles. The predicted molar refractivity (Wildman–Crippen MR) is 106 cm³/mol. The number of fused-ring (bicyclic) bond motifs is 1. The van der Waals surface area contributed by atoms with E-state index in [0.717, 1.165) is 22.2 Å². The quantitative estimate of drug-likeness (QED) is 0.626. The number of nitrogens with zero attached hydrogens (tertiary/aromatic N) is 1. The van der Waals surface area contributed by atoms with Gasteiger partial charge >= 0.3 is 0 Å². The Hall–Kier alpha value is -2.96. The van der Waals surface area contributed by atoms with Crippen LogP contribution in [0.1, 0.15) is 15.9 Å². The summed E-state index contributed by atoms with van der Waals surface area (Å²) in [6.45, 7) is 2.27. The Kier molecular flexibility index (Phi) is 6.01. The summed E-state index contributed by atoms with van der Waals surface area (Å²) in [7, 11) is 3.07. The second-order valence-corrected chi connectivity index (χ2v) is 6.12. The van der Waals surface area contributed by atoms with Gasteiger partial charge in [0, 0.05) is 25.3 Å². The summed E-state index contributed by atoms with van der Waals surface area (Å²) >= 11 is 0. The zero-order chi connectivity index (χ0) is 19.2. The highest BCUT2D eigenvalue weighted by molar-refractivity contribution is 6.07. The molecule has 0 aliphatic heterocycles. The van der Waals surface area contributed by atoms with E-state index in [1.807, 2.05) is 55.5 Å². The number of ether oxygens (including phenoxy) is 2. The molecule has 0 spiro atoms. The van der Waals surface area contributed by atoms with E-state index in [0.29, 0.717) is 11.4 Å². The number of pyridine rings is 1. The van der Waals surface area contributed by atoms with Crippen LogP contribution < -0.4 is 10.6 Å². The molecule has 0 bridgehead atoms. The lowest BCUT2D eigenvalue weighted by Crippen LogP contribution is -2.34. The monoisotopic (exact) mass is 365 g/mol. The van der Waals surface area contributed by atoms with E-state index in [-0.39, 0.29) is 12.5 Å². The molecule has 0 saturated carbocycles. The normalized spacial score (nSPS) is 11.0. The van der Waals surface area contributed by atoms with Crippen LogP contribution in [0.15, 0.2) is 54.6 Å². The first kappa shape index (κ1) is 18.8. The summed E-state index contributed by atoms with van der Waals surface area (Å²) < 4.78 is 10.3. The number of nitrogens with one attached hydrogen (secondary N) is 2. The smallest absolute Gasteiger partial charge is 0.252 e. The van der Waals surface area contributed by atoms with Crippen molar-refractivity contribution < 1.29 is 14.3 Å². The number of hydrogen-bond acceptors (Lipinski definition) is 5. The second-order valence-electron chi connectivity index (χ2n) is 6.12. The molecule has 0 fully saturated rings. The van der Waals surface area contributed by atoms with Crippen LogP contribution in [0.4, 0.5) is 11.5 Å². The van der Waals surface area contributed by atoms with E-state index < -0.39 is 6.29 Å². The van der Waals surface area contributed by atoms with Gasteiger partial charge in [-0.1, -0.05) is 36.4 Å². The van der Waals surface area contributed by atoms with E-state index in [1.54, 1.807) is 6.07 Å². The van der Waals surface area contributed by atoms with Gasteiger partial charge in [-0.15, -0.1) is 0 Å². The highest BCUT2D eigenvalue weighted by Gasteiger charge is 2.15. The maximum atomic E-state index is 12.8. The molecule has 0 aliphatic rings. The standard InChI is InChI=1S/C21H23N3O3/c1-14-8-4-6-10-17(14)23-19-12-16(15-9-5-7-11-18(15)24-19)21(25)22-13-20(26-2)27-3/h4-12,20H,13H2,1-3H3,(H,22,25)(H,23,24). The van der Waals surface area contributed by atoms with Gasteiger partial charge in [0.1, 0.15) is 5.82 Å². The minimum atomic E-state index is -0.494. The molecule has 6 heteroatoms. The van der Waals surface area contributed by atoms with E-state index in [2.05, 4.69) is 15.6 Å². The Balaban J connectivity index is 1.93. The molecule has 6 nitrogen and oxygen atoms in total. The zero-order valence-corrected chi connectivity index (χ0v) is 15.7. The van der Waals surface area contributed by atoms with Gasteiger partial charge in [0.2, 0.25) is 0 Å². The van der Waals surface area contributed by atoms with Gasteiger partial charge in [-0.3, -0.25) is 4.79 Å². The number of anilines is 2. The van der Waals surface area contributed by atoms with Crippen LogP contribution in [0.5, 0.6) is 0 Å². The fourth-order valence-corrected chi connectivity index (χ4v) is 2.81. The number of methoxy groups -OCH3 is 2. The van der Waals surface area contributed by atoms with Gasteiger partial charge < -0.3 is 20.1 Å². The Labute approximate surface area is 158 Å². The Morgan fingerprint density at radius 3 is 2.52 bits per heavy atom. The van der Waals surface area contributed by atoms with Crippen LogP contribution in [-0.4, -0.2) is 37.9 Å². The van der Waals surface area contributed by atoms with Crippen molar-refractivity contribution in [1.82, 2.24) is 10.3 Å². The molecule has 1 amide bonds. The number of hydrogen-bond donors (Lipinski definition) is 2. The molecular weight excluding hydrogens is 342 g/mol. The largest absolute Gasteiger partial charge is 0.354 e. The van der Waals surface area contributed by atoms with Crippen LogP contribution in [0, 0.1) is 6.92 Å². The van der Waals surface area contributed by atoms with E-state index in [9.17, 15) is 4.79 Å². The van der Waals surface area contributed by atoms with Crippen molar-refractivity contribution in [3.05, 3.63) is 65.7 Å². The number of para-hydroxylation sites is 2. The van der Waals surface area contributed by atoms with Crippen molar-refractivity contribution in [2.75, 3.05) is 26.1 Å². The molecular formula is C21H23N3O3. The summed E-state index contributed by atoms with van der Waals surface area (Å²) in [5.41, 5.74) is 3.34. The first-order chi connectivity index (χ1) is 13.1. The lowest BCUT2D eigenvalue weighted by Gasteiger charge is -2.16. The third-order valence-corrected chi connectivity index (χ3v) is 4.32. The first-order valence-electron chi connectivity index (χ1n) is 8.68. The molecule has 3 aromatic rings. The van der Waals surface area contributed by atoms with Crippen molar-refractivity contribution in [2.24, 2.45) is 0 Å². The molecule has 0 unspecified atom stereocenters. The molecule has 2 N–H and O–H groups in total. The number of amides is 1. The maximum Gasteiger partial charge on any atom is 0.252 e. The SMILES string of the molecule is COC(CNC(=O)c1cc(Nc2ccccc2C)nc2ccccc12)OC. The molecule has 27 heavy (non-hydrogen) atoms. The highest BCUT2D eigenvalue weighted by atomic mass is 16.7. The molecule has 0 atom stereocenters. The molecule has 1 heterocycles. The molecule has 140 valence electrons. The van der Waals surface area contributed by atoms with Crippen LogP contribution in [-0.2, 0) is 9.47 Å². The van der Waals surface area contributed by atoms with Crippen LogP contribution in [0.25, 0.3) is 10.9 Å². The lowest BCUT2D eigenvalue weighted by atomic mass is 10.1.